The second kappa shape index (κ2) is 6.83. The van der Waals surface area contributed by atoms with E-state index in [1.165, 1.54) is 12.1 Å². The summed E-state index contributed by atoms with van der Waals surface area (Å²) in [5, 5.41) is 6.73. The molecule has 1 heterocycles. The van der Waals surface area contributed by atoms with E-state index in [9.17, 15) is 9.18 Å². The molecule has 3 nitrogen and oxygen atoms in total. The second-order valence-electron chi connectivity index (χ2n) is 4.12. The van der Waals surface area contributed by atoms with Crippen LogP contribution in [0.4, 0.5) is 4.39 Å². The Morgan fingerprint density at radius 1 is 1.50 bits per heavy atom. The molecule has 0 saturated heterocycles. The first-order valence-electron chi connectivity index (χ1n) is 5.90. The molecule has 20 heavy (non-hydrogen) atoms. The molecule has 1 N–H and O–H groups in total. The summed E-state index contributed by atoms with van der Waals surface area (Å²) in [7, 11) is 1.58. The van der Waals surface area contributed by atoms with Crippen molar-refractivity contribution in [2.45, 2.75) is 6.10 Å². The van der Waals surface area contributed by atoms with Crippen LogP contribution in [0.15, 0.2) is 35.0 Å². The van der Waals surface area contributed by atoms with Crippen LogP contribution >= 0.6 is 22.9 Å². The van der Waals surface area contributed by atoms with E-state index in [2.05, 4.69) is 5.32 Å². The minimum atomic E-state index is -0.473. The Morgan fingerprint density at radius 3 is 2.90 bits per heavy atom. The lowest BCUT2D eigenvalue weighted by Crippen LogP contribution is -2.29. The van der Waals surface area contributed by atoms with Crippen LogP contribution in [0.5, 0.6) is 0 Å². The van der Waals surface area contributed by atoms with E-state index in [0.29, 0.717) is 6.54 Å². The van der Waals surface area contributed by atoms with Gasteiger partial charge in [-0.1, -0.05) is 11.6 Å². The zero-order valence-corrected chi connectivity index (χ0v) is 12.3. The summed E-state index contributed by atoms with van der Waals surface area (Å²) >= 11 is 7.41. The number of amides is 1. The summed E-state index contributed by atoms with van der Waals surface area (Å²) in [4.78, 5) is 12.0. The van der Waals surface area contributed by atoms with Gasteiger partial charge in [0.15, 0.2) is 0 Å². The number of ether oxygens (including phenoxy) is 1. The molecular formula is C14H13ClFNO2S. The van der Waals surface area contributed by atoms with Crippen molar-refractivity contribution in [2.24, 2.45) is 0 Å². The lowest BCUT2D eigenvalue weighted by Gasteiger charge is -2.15. The molecule has 0 fully saturated rings. The van der Waals surface area contributed by atoms with Crippen molar-refractivity contribution in [1.82, 2.24) is 5.32 Å². The minimum absolute atomic E-state index is 0.0898. The number of rotatable bonds is 5. The Morgan fingerprint density at radius 2 is 2.30 bits per heavy atom. The highest BCUT2D eigenvalue weighted by atomic mass is 35.5. The Balaban J connectivity index is 2.01. The molecule has 1 aromatic heterocycles. The maximum atomic E-state index is 12.9. The van der Waals surface area contributed by atoms with Crippen molar-refractivity contribution in [3.05, 3.63) is 57.0 Å². The van der Waals surface area contributed by atoms with Crippen molar-refractivity contribution in [1.29, 1.82) is 0 Å². The average Bonchev–Trinajstić information content (AvgIpc) is 2.93. The topological polar surface area (TPSA) is 38.3 Å². The quantitative estimate of drug-likeness (QED) is 0.915. The summed E-state index contributed by atoms with van der Waals surface area (Å²) in [6.45, 7) is 0.319. The molecule has 1 aromatic carbocycles. The van der Waals surface area contributed by atoms with Crippen LogP contribution in [-0.4, -0.2) is 19.6 Å². The molecule has 0 aliphatic heterocycles. The summed E-state index contributed by atoms with van der Waals surface area (Å²) in [6.07, 6.45) is -0.218. The number of carbonyl (C=O) groups is 1. The van der Waals surface area contributed by atoms with Crippen molar-refractivity contribution >= 4 is 28.8 Å². The summed E-state index contributed by atoms with van der Waals surface area (Å²) in [5.74, 6) is -0.827. The Hall–Kier alpha value is -1.43. The molecule has 6 heteroatoms. The molecule has 1 atom stereocenters. The minimum Gasteiger partial charge on any atom is -0.375 e. The number of methoxy groups -OCH3 is 1. The zero-order chi connectivity index (χ0) is 14.5. The van der Waals surface area contributed by atoms with E-state index < -0.39 is 5.82 Å². The number of benzene rings is 1. The smallest absolute Gasteiger partial charge is 0.252 e. The molecule has 0 bridgehead atoms. The summed E-state index contributed by atoms with van der Waals surface area (Å²) < 4.78 is 18.3. The van der Waals surface area contributed by atoms with Gasteiger partial charge in [-0.05, 0) is 40.6 Å². The van der Waals surface area contributed by atoms with Crippen molar-refractivity contribution in [3.8, 4) is 0 Å². The maximum absolute atomic E-state index is 12.9. The average molecular weight is 314 g/mol. The lowest BCUT2D eigenvalue weighted by atomic mass is 10.1. The van der Waals surface area contributed by atoms with E-state index in [-0.39, 0.29) is 22.6 Å². The van der Waals surface area contributed by atoms with Gasteiger partial charge in [0.05, 0.1) is 10.6 Å². The number of hydrogen-bond acceptors (Lipinski definition) is 3. The fourth-order valence-corrected chi connectivity index (χ4v) is 2.70. The SMILES string of the molecule is CO[C@@H](CNC(=O)c1ccc(F)cc1Cl)c1ccsc1. The summed E-state index contributed by atoms with van der Waals surface area (Å²) in [6, 6.07) is 5.62. The largest absolute Gasteiger partial charge is 0.375 e. The predicted molar refractivity (Wildman–Crippen MR) is 77.8 cm³/mol. The molecule has 106 valence electrons. The van der Waals surface area contributed by atoms with Crippen LogP contribution in [0.3, 0.4) is 0 Å². The highest BCUT2D eigenvalue weighted by Gasteiger charge is 2.15. The van der Waals surface area contributed by atoms with Gasteiger partial charge in [-0.2, -0.15) is 11.3 Å². The van der Waals surface area contributed by atoms with Gasteiger partial charge in [0, 0.05) is 13.7 Å². The third kappa shape index (κ3) is 3.56. The fourth-order valence-electron chi connectivity index (χ4n) is 1.75. The fraction of sp³-hybridized carbons (Fsp3) is 0.214. The second-order valence-corrected chi connectivity index (χ2v) is 5.30. The van der Waals surface area contributed by atoms with E-state index in [4.69, 9.17) is 16.3 Å². The van der Waals surface area contributed by atoms with Gasteiger partial charge in [-0.3, -0.25) is 4.79 Å². The van der Waals surface area contributed by atoms with Gasteiger partial charge in [-0.25, -0.2) is 4.39 Å². The number of carbonyl (C=O) groups excluding carboxylic acids is 1. The molecular weight excluding hydrogens is 301 g/mol. The summed E-state index contributed by atoms with van der Waals surface area (Å²) in [5.41, 5.74) is 1.25. The van der Waals surface area contributed by atoms with E-state index in [1.54, 1.807) is 18.4 Å². The molecule has 0 unspecified atom stereocenters. The van der Waals surface area contributed by atoms with Gasteiger partial charge in [0.1, 0.15) is 11.9 Å². The van der Waals surface area contributed by atoms with Gasteiger partial charge >= 0.3 is 0 Å². The highest BCUT2D eigenvalue weighted by Crippen LogP contribution is 2.20. The standard InChI is InChI=1S/C14H13ClFNO2S/c1-19-13(9-4-5-20-8-9)7-17-14(18)11-3-2-10(16)6-12(11)15/h2-6,8,13H,7H2,1H3,(H,17,18)/t13-/m0/s1. The number of nitrogens with one attached hydrogen (secondary N) is 1. The Bertz CT molecular complexity index is 589. The third-order valence-electron chi connectivity index (χ3n) is 2.82. The van der Waals surface area contributed by atoms with Crippen LogP contribution in [0, 0.1) is 5.82 Å². The van der Waals surface area contributed by atoms with Crippen molar-refractivity contribution in [2.75, 3.05) is 13.7 Å². The van der Waals surface area contributed by atoms with Gasteiger partial charge in [0.2, 0.25) is 0 Å². The first-order valence-corrected chi connectivity index (χ1v) is 7.22. The van der Waals surface area contributed by atoms with Gasteiger partial charge < -0.3 is 10.1 Å². The monoisotopic (exact) mass is 313 g/mol. The van der Waals surface area contributed by atoms with Crippen LogP contribution in [0.1, 0.15) is 22.0 Å². The zero-order valence-electron chi connectivity index (χ0n) is 10.7. The van der Waals surface area contributed by atoms with Crippen LogP contribution in [0.25, 0.3) is 0 Å². The van der Waals surface area contributed by atoms with Gasteiger partial charge in [-0.15, -0.1) is 0 Å². The molecule has 0 spiro atoms. The number of hydrogen-bond donors (Lipinski definition) is 1. The van der Waals surface area contributed by atoms with Crippen molar-refractivity contribution < 1.29 is 13.9 Å². The maximum Gasteiger partial charge on any atom is 0.252 e. The first-order chi connectivity index (χ1) is 9.61. The number of thiophene rings is 1. The third-order valence-corrected chi connectivity index (χ3v) is 3.84. The van der Waals surface area contributed by atoms with Gasteiger partial charge in [0.25, 0.3) is 5.91 Å². The molecule has 0 radical (unpaired) electrons. The van der Waals surface area contributed by atoms with Crippen LogP contribution in [0.2, 0.25) is 5.02 Å². The molecule has 2 aromatic rings. The lowest BCUT2D eigenvalue weighted by molar-refractivity contribution is 0.0829. The van der Waals surface area contributed by atoms with Crippen LogP contribution in [-0.2, 0) is 4.74 Å². The van der Waals surface area contributed by atoms with E-state index >= 15 is 0 Å². The van der Waals surface area contributed by atoms with Crippen molar-refractivity contribution in [3.63, 3.8) is 0 Å². The van der Waals surface area contributed by atoms with E-state index in [0.717, 1.165) is 11.6 Å². The number of halogens is 2. The molecule has 0 aliphatic rings. The Kier molecular flexibility index (Phi) is 5.11. The molecule has 0 saturated carbocycles. The van der Waals surface area contributed by atoms with Crippen LogP contribution < -0.4 is 5.32 Å². The normalized spacial score (nSPS) is 12.2. The highest BCUT2D eigenvalue weighted by molar-refractivity contribution is 7.07. The first kappa shape index (κ1) is 15.0. The predicted octanol–water partition coefficient (Wildman–Crippen LogP) is 3.66. The molecule has 2 rings (SSSR count). The van der Waals surface area contributed by atoms with E-state index in [1.807, 2.05) is 16.8 Å². The molecule has 0 aliphatic carbocycles. The molecule has 1 amide bonds. The Labute approximate surface area is 125 Å².